The van der Waals surface area contributed by atoms with Crippen molar-refractivity contribution in [1.29, 1.82) is 0 Å². The Morgan fingerprint density at radius 3 is 2.55 bits per heavy atom. The zero-order chi connectivity index (χ0) is 29.0. The van der Waals surface area contributed by atoms with Gasteiger partial charge in [0.2, 0.25) is 12.3 Å². The molecule has 1 amide bonds. The van der Waals surface area contributed by atoms with Crippen molar-refractivity contribution < 1.29 is 14.6 Å². The topological polar surface area (TPSA) is 68.6 Å². The number of aromatic hydroxyl groups is 1. The summed E-state index contributed by atoms with van der Waals surface area (Å²) in [5.74, 6) is 0.929. The van der Waals surface area contributed by atoms with Crippen LogP contribution in [0.1, 0.15) is 30.6 Å². The van der Waals surface area contributed by atoms with E-state index in [1.165, 1.54) is 6.08 Å². The molecule has 0 aliphatic carbocycles. The van der Waals surface area contributed by atoms with Gasteiger partial charge in [0.1, 0.15) is 11.6 Å². The lowest BCUT2D eigenvalue weighted by atomic mass is 9.94. The molecular formula is C34H31ClN4O3. The SMILES string of the molecule is C=CC(=O)N1CCN(C2=NC3O[C@@H](CC)c4ccccc4N3c3cc(-c4cc(O)cc5ccccc45)c(Cl)cc32)CC1. The van der Waals surface area contributed by atoms with Crippen molar-refractivity contribution in [1.82, 2.24) is 9.80 Å². The van der Waals surface area contributed by atoms with Gasteiger partial charge in [-0.1, -0.05) is 67.6 Å². The largest absolute Gasteiger partial charge is 0.508 e. The number of benzene rings is 4. The summed E-state index contributed by atoms with van der Waals surface area (Å²) in [5, 5.41) is 13.1. The van der Waals surface area contributed by atoms with Crippen molar-refractivity contribution in [2.45, 2.75) is 25.8 Å². The van der Waals surface area contributed by atoms with Gasteiger partial charge >= 0.3 is 0 Å². The Labute approximate surface area is 249 Å². The molecule has 3 aliphatic heterocycles. The molecule has 42 heavy (non-hydrogen) atoms. The maximum Gasteiger partial charge on any atom is 0.246 e. The normalized spacial score (nSPS) is 19.6. The Morgan fingerprint density at radius 2 is 1.76 bits per heavy atom. The number of halogens is 1. The highest BCUT2D eigenvalue weighted by molar-refractivity contribution is 6.34. The fourth-order valence-corrected chi connectivity index (χ4v) is 6.66. The Hall–Kier alpha value is -4.33. The average Bonchev–Trinajstić information content (AvgIpc) is 3.02. The first-order chi connectivity index (χ1) is 20.5. The summed E-state index contributed by atoms with van der Waals surface area (Å²) in [7, 11) is 0. The molecule has 3 aliphatic rings. The Bertz CT molecular complexity index is 1760. The van der Waals surface area contributed by atoms with Crippen LogP contribution in [0.15, 0.2) is 90.4 Å². The fraction of sp³-hybridized carbons (Fsp3) is 0.235. The van der Waals surface area contributed by atoms with Crippen LogP contribution in [0.2, 0.25) is 5.02 Å². The van der Waals surface area contributed by atoms with Gasteiger partial charge in [0.15, 0.2) is 0 Å². The summed E-state index contributed by atoms with van der Waals surface area (Å²) in [5.41, 5.74) is 5.69. The minimum absolute atomic E-state index is 0.0594. The number of nitrogens with zero attached hydrogens (tertiary/aromatic N) is 4. The van der Waals surface area contributed by atoms with E-state index < -0.39 is 6.35 Å². The molecule has 7 nitrogen and oxygen atoms in total. The van der Waals surface area contributed by atoms with E-state index in [1.54, 1.807) is 12.1 Å². The summed E-state index contributed by atoms with van der Waals surface area (Å²) in [4.78, 5) is 23.6. The van der Waals surface area contributed by atoms with Crippen LogP contribution in [0.25, 0.3) is 21.9 Å². The first-order valence-corrected chi connectivity index (χ1v) is 14.7. The Balaban J connectivity index is 1.41. The number of anilines is 2. The predicted octanol–water partition coefficient (Wildman–Crippen LogP) is 6.86. The molecule has 4 aromatic carbocycles. The smallest absolute Gasteiger partial charge is 0.246 e. The van der Waals surface area contributed by atoms with Crippen LogP contribution >= 0.6 is 11.6 Å². The van der Waals surface area contributed by atoms with E-state index in [0.717, 1.165) is 56.7 Å². The highest BCUT2D eigenvalue weighted by Crippen LogP contribution is 2.49. The van der Waals surface area contributed by atoms with Crippen molar-refractivity contribution in [3.63, 3.8) is 0 Å². The molecule has 1 fully saturated rings. The van der Waals surface area contributed by atoms with Gasteiger partial charge in [-0.3, -0.25) is 9.69 Å². The standard InChI is InChI=1S/C34H31ClN4O3/c1-3-31-24-11-7-8-12-29(24)39-30-20-26(25-18-22(40)17-21-9-5-6-10-23(21)25)28(35)19-27(30)33(36-34(39)42-31)38-15-13-37(14-16-38)32(41)4-2/h4-12,17-20,31,34,40H,2-3,13-16H2,1H3/t31-,34?/m0/s1. The van der Waals surface area contributed by atoms with Crippen LogP contribution in [0.4, 0.5) is 11.4 Å². The molecule has 4 aromatic rings. The molecule has 0 saturated carbocycles. The lowest BCUT2D eigenvalue weighted by Crippen LogP contribution is -2.52. The maximum atomic E-state index is 12.3. The van der Waals surface area contributed by atoms with Gasteiger partial charge in [0.05, 0.1) is 17.5 Å². The van der Waals surface area contributed by atoms with Gasteiger partial charge in [-0.05, 0) is 59.2 Å². The van der Waals surface area contributed by atoms with Crippen molar-refractivity contribution in [2.24, 2.45) is 4.99 Å². The molecule has 0 bridgehead atoms. The summed E-state index contributed by atoms with van der Waals surface area (Å²) in [6, 6.07) is 23.9. The van der Waals surface area contributed by atoms with Crippen LogP contribution in [-0.2, 0) is 9.53 Å². The number of rotatable bonds is 3. The second-order valence-electron chi connectivity index (χ2n) is 10.8. The highest BCUT2D eigenvalue weighted by Gasteiger charge is 2.40. The van der Waals surface area contributed by atoms with E-state index in [4.69, 9.17) is 21.3 Å². The van der Waals surface area contributed by atoms with E-state index in [1.807, 2.05) is 47.4 Å². The van der Waals surface area contributed by atoms with Crippen LogP contribution in [0.5, 0.6) is 5.75 Å². The molecular weight excluding hydrogens is 548 g/mol. The van der Waals surface area contributed by atoms with Crippen molar-refractivity contribution in [3.8, 4) is 16.9 Å². The lowest BCUT2D eigenvalue weighted by Gasteiger charge is -2.45. The molecule has 7 rings (SSSR count). The number of hydrogen-bond acceptors (Lipinski definition) is 6. The number of fused-ring (bicyclic) bond motifs is 6. The van der Waals surface area contributed by atoms with Crippen LogP contribution in [0, 0.1) is 0 Å². The molecule has 212 valence electrons. The lowest BCUT2D eigenvalue weighted by molar-refractivity contribution is -0.127. The number of phenols is 1. The number of carbonyl (C=O) groups excluding carboxylic acids is 1. The molecule has 1 saturated heterocycles. The van der Waals surface area contributed by atoms with E-state index in [2.05, 4.69) is 41.5 Å². The minimum atomic E-state index is -0.560. The number of aliphatic imine (C=N–C) groups is 1. The van der Waals surface area contributed by atoms with Crippen molar-refractivity contribution >= 4 is 45.5 Å². The molecule has 2 atom stereocenters. The number of ether oxygens (including phenoxy) is 1. The number of phenolic OH excluding ortho intramolecular Hbond substituents is 1. The van der Waals surface area contributed by atoms with E-state index in [0.29, 0.717) is 31.2 Å². The summed E-state index contributed by atoms with van der Waals surface area (Å²) in [6.07, 6.45) is 1.54. The fourth-order valence-electron chi connectivity index (χ4n) is 6.39. The Kier molecular flexibility index (Phi) is 6.64. The van der Waals surface area contributed by atoms with Crippen LogP contribution in [0.3, 0.4) is 0 Å². The molecule has 3 heterocycles. The number of hydrogen-bond donors (Lipinski definition) is 1. The van der Waals surface area contributed by atoms with Crippen molar-refractivity contribution in [3.05, 3.63) is 102 Å². The molecule has 1 N–H and O–H groups in total. The second kappa shape index (κ2) is 10.5. The number of para-hydroxylation sites is 1. The van der Waals surface area contributed by atoms with Crippen molar-refractivity contribution in [2.75, 3.05) is 31.1 Å². The third-order valence-electron chi connectivity index (χ3n) is 8.44. The maximum absolute atomic E-state index is 12.3. The van der Waals surface area contributed by atoms with E-state index >= 15 is 0 Å². The molecule has 1 unspecified atom stereocenters. The van der Waals surface area contributed by atoms with Gasteiger partial charge in [0.25, 0.3) is 0 Å². The van der Waals surface area contributed by atoms with Crippen LogP contribution < -0.4 is 4.90 Å². The summed E-state index contributed by atoms with van der Waals surface area (Å²) in [6.45, 7) is 8.19. The predicted molar refractivity (Wildman–Crippen MR) is 167 cm³/mol. The number of carbonyl (C=O) groups is 1. The number of amidine groups is 1. The summed E-state index contributed by atoms with van der Waals surface area (Å²) < 4.78 is 6.65. The zero-order valence-corrected chi connectivity index (χ0v) is 24.1. The highest BCUT2D eigenvalue weighted by atomic mass is 35.5. The van der Waals surface area contributed by atoms with Gasteiger partial charge in [-0.2, -0.15) is 0 Å². The quantitative estimate of drug-likeness (QED) is 0.269. The van der Waals surface area contributed by atoms with Gasteiger partial charge in [-0.15, -0.1) is 0 Å². The summed E-state index contributed by atoms with van der Waals surface area (Å²) >= 11 is 7.09. The van der Waals surface area contributed by atoms with Crippen LogP contribution in [-0.4, -0.2) is 59.2 Å². The van der Waals surface area contributed by atoms with Gasteiger partial charge in [-0.25, -0.2) is 4.99 Å². The first-order valence-electron chi connectivity index (χ1n) is 14.3. The average molecular weight is 579 g/mol. The molecule has 0 aromatic heterocycles. The minimum Gasteiger partial charge on any atom is -0.508 e. The third-order valence-corrected chi connectivity index (χ3v) is 8.75. The molecule has 0 spiro atoms. The Morgan fingerprint density at radius 1 is 1.00 bits per heavy atom. The van der Waals surface area contributed by atoms with E-state index in [9.17, 15) is 9.90 Å². The van der Waals surface area contributed by atoms with E-state index in [-0.39, 0.29) is 17.8 Å². The number of amides is 1. The first kappa shape index (κ1) is 26.6. The zero-order valence-electron chi connectivity index (χ0n) is 23.3. The molecule has 0 radical (unpaired) electrons. The van der Waals surface area contributed by atoms with Gasteiger partial charge < -0.3 is 19.6 Å². The third kappa shape index (κ3) is 4.32. The number of piperazine rings is 1. The second-order valence-corrected chi connectivity index (χ2v) is 11.2. The molecule has 8 heteroatoms. The monoisotopic (exact) mass is 578 g/mol. The van der Waals surface area contributed by atoms with Gasteiger partial charge in [0, 0.05) is 47.9 Å².